The zero-order valence-electron chi connectivity index (χ0n) is 12.7. The molecule has 2 nitrogen and oxygen atoms in total. The highest BCUT2D eigenvalue weighted by molar-refractivity contribution is 5.53. The van der Waals surface area contributed by atoms with Gasteiger partial charge in [0.15, 0.2) is 0 Å². The highest BCUT2D eigenvalue weighted by atomic mass is 19.4. The summed E-state index contributed by atoms with van der Waals surface area (Å²) < 4.78 is 35.8. The van der Waals surface area contributed by atoms with Gasteiger partial charge in [-0.1, -0.05) is 50.3 Å². The van der Waals surface area contributed by atoms with Crippen LogP contribution in [0, 0.1) is 0 Å². The van der Waals surface area contributed by atoms with E-state index in [0.29, 0.717) is 12.1 Å². The molecule has 0 radical (unpaired) electrons. The second kappa shape index (κ2) is 10.2. The number of hydrogen-bond donors (Lipinski definition) is 0. The van der Waals surface area contributed by atoms with Crippen LogP contribution in [-0.2, 0) is 11.2 Å². The summed E-state index contributed by atoms with van der Waals surface area (Å²) >= 11 is 0. The molecule has 0 aromatic heterocycles. The van der Waals surface area contributed by atoms with Crippen LogP contribution in [0.1, 0.15) is 56.9 Å². The van der Waals surface area contributed by atoms with Gasteiger partial charge in [0.25, 0.3) is 0 Å². The van der Waals surface area contributed by atoms with Crippen LogP contribution in [-0.4, -0.2) is 12.3 Å². The zero-order valence-corrected chi connectivity index (χ0v) is 12.7. The van der Waals surface area contributed by atoms with Crippen LogP contribution in [0.15, 0.2) is 29.3 Å². The highest BCUT2D eigenvalue weighted by Crippen LogP contribution is 2.23. The average Bonchev–Trinajstić information content (AvgIpc) is 2.46. The minimum absolute atomic E-state index is 0.237. The fraction of sp³-hybridized carbons (Fsp3) is 0.588. The van der Waals surface area contributed by atoms with Gasteiger partial charge in [0.2, 0.25) is 6.08 Å². The van der Waals surface area contributed by atoms with E-state index in [2.05, 4.69) is 4.99 Å². The molecule has 0 heterocycles. The van der Waals surface area contributed by atoms with E-state index in [0.717, 1.165) is 44.1 Å². The van der Waals surface area contributed by atoms with E-state index in [1.54, 1.807) is 12.1 Å². The first-order valence-corrected chi connectivity index (χ1v) is 7.75. The molecule has 0 saturated heterocycles. The summed E-state index contributed by atoms with van der Waals surface area (Å²) in [6.07, 6.45) is 3.53. The third-order valence-electron chi connectivity index (χ3n) is 3.56. The molecule has 0 atom stereocenters. The molecule has 5 heteroatoms. The van der Waals surface area contributed by atoms with Crippen molar-refractivity contribution in [3.05, 3.63) is 29.8 Å². The van der Waals surface area contributed by atoms with Crippen LogP contribution in [0.4, 0.5) is 18.9 Å². The van der Waals surface area contributed by atoms with Crippen LogP contribution < -0.4 is 0 Å². The number of halogens is 3. The second-order valence-corrected chi connectivity index (χ2v) is 5.42. The van der Waals surface area contributed by atoms with E-state index in [1.165, 1.54) is 0 Å². The van der Waals surface area contributed by atoms with Crippen molar-refractivity contribution in [2.24, 2.45) is 4.99 Å². The Morgan fingerprint density at radius 1 is 0.909 bits per heavy atom. The highest BCUT2D eigenvalue weighted by Gasteiger charge is 2.25. The molecule has 1 rings (SSSR count). The number of isocyanates is 1. The van der Waals surface area contributed by atoms with Crippen LogP contribution in [0.25, 0.3) is 0 Å². The van der Waals surface area contributed by atoms with Crippen LogP contribution in [0.2, 0.25) is 0 Å². The average molecular weight is 313 g/mol. The van der Waals surface area contributed by atoms with Gasteiger partial charge in [0.05, 0.1) is 5.69 Å². The molecule has 0 aliphatic carbocycles. The van der Waals surface area contributed by atoms with Gasteiger partial charge in [0.1, 0.15) is 0 Å². The Hall–Kier alpha value is -1.61. The zero-order chi connectivity index (χ0) is 16.3. The number of aryl methyl sites for hydroxylation is 1. The van der Waals surface area contributed by atoms with E-state index in [1.807, 2.05) is 18.2 Å². The van der Waals surface area contributed by atoms with Crippen LogP contribution >= 0.6 is 0 Å². The number of carbonyl (C=O) groups excluding carboxylic acids is 1. The number of hydrogen-bond acceptors (Lipinski definition) is 2. The van der Waals surface area contributed by atoms with Crippen molar-refractivity contribution in [1.29, 1.82) is 0 Å². The summed E-state index contributed by atoms with van der Waals surface area (Å²) in [6.45, 7) is 0. The van der Waals surface area contributed by atoms with Crippen LogP contribution in [0.5, 0.6) is 0 Å². The molecule has 1 aromatic rings. The van der Waals surface area contributed by atoms with Crippen molar-refractivity contribution >= 4 is 11.8 Å². The molecule has 0 aliphatic rings. The lowest BCUT2D eigenvalue weighted by molar-refractivity contribution is -0.135. The van der Waals surface area contributed by atoms with Crippen molar-refractivity contribution in [1.82, 2.24) is 0 Å². The predicted octanol–water partition coefficient (Wildman–Crippen LogP) is 5.88. The maximum atomic E-state index is 11.9. The smallest absolute Gasteiger partial charge is 0.211 e. The molecule has 0 spiro atoms. The SMILES string of the molecule is O=C=Nc1ccccc1CCCCCCCCCC(F)(F)F. The molecule has 0 saturated carbocycles. The molecule has 0 bridgehead atoms. The Labute approximate surface area is 129 Å². The minimum atomic E-state index is -4.02. The summed E-state index contributed by atoms with van der Waals surface area (Å²) in [6, 6.07) is 7.49. The molecule has 0 amide bonds. The van der Waals surface area contributed by atoms with Gasteiger partial charge in [-0.25, -0.2) is 4.79 Å². The lowest BCUT2D eigenvalue weighted by atomic mass is 10.0. The maximum Gasteiger partial charge on any atom is 0.389 e. The van der Waals surface area contributed by atoms with Crippen molar-refractivity contribution in [2.45, 2.75) is 64.0 Å². The molecule has 0 N–H and O–H groups in total. The lowest BCUT2D eigenvalue weighted by Crippen LogP contribution is -2.06. The molecule has 22 heavy (non-hydrogen) atoms. The van der Waals surface area contributed by atoms with Gasteiger partial charge >= 0.3 is 6.18 Å². The fourth-order valence-electron chi connectivity index (χ4n) is 2.41. The standard InChI is InChI=1S/C17H22F3NO/c18-17(19,20)13-9-5-3-1-2-4-6-10-15-11-7-8-12-16(15)21-14-22/h7-8,11-12H,1-6,9-10,13H2. The third-order valence-corrected chi connectivity index (χ3v) is 3.56. The Morgan fingerprint density at radius 2 is 1.50 bits per heavy atom. The number of rotatable bonds is 10. The van der Waals surface area contributed by atoms with E-state index >= 15 is 0 Å². The first-order chi connectivity index (χ1) is 10.5. The molecular formula is C17H22F3NO. The molecular weight excluding hydrogens is 291 g/mol. The van der Waals surface area contributed by atoms with Crippen molar-refractivity contribution < 1.29 is 18.0 Å². The first-order valence-electron chi connectivity index (χ1n) is 7.75. The topological polar surface area (TPSA) is 29.4 Å². The fourth-order valence-corrected chi connectivity index (χ4v) is 2.41. The van der Waals surface area contributed by atoms with Crippen LogP contribution in [0.3, 0.4) is 0 Å². The Bertz CT molecular complexity index is 479. The number of alkyl halides is 3. The molecule has 0 fully saturated rings. The van der Waals surface area contributed by atoms with E-state index in [-0.39, 0.29) is 6.42 Å². The monoisotopic (exact) mass is 313 g/mol. The number of benzene rings is 1. The minimum Gasteiger partial charge on any atom is -0.211 e. The van der Waals surface area contributed by atoms with Gasteiger partial charge in [0, 0.05) is 6.42 Å². The van der Waals surface area contributed by atoms with E-state index < -0.39 is 12.6 Å². The van der Waals surface area contributed by atoms with Crippen molar-refractivity contribution in [2.75, 3.05) is 0 Å². The molecule has 122 valence electrons. The van der Waals surface area contributed by atoms with Crippen molar-refractivity contribution in [3.8, 4) is 0 Å². The summed E-state index contributed by atoms with van der Waals surface area (Å²) in [5.41, 5.74) is 1.71. The number of unbranched alkanes of at least 4 members (excludes halogenated alkanes) is 6. The number of para-hydroxylation sites is 1. The van der Waals surface area contributed by atoms with E-state index in [9.17, 15) is 18.0 Å². The first kappa shape index (κ1) is 18.4. The molecule has 1 aromatic carbocycles. The molecule has 0 unspecified atom stereocenters. The molecule has 0 aliphatic heterocycles. The third kappa shape index (κ3) is 8.63. The van der Waals surface area contributed by atoms with E-state index in [4.69, 9.17) is 0 Å². The van der Waals surface area contributed by atoms with Crippen molar-refractivity contribution in [3.63, 3.8) is 0 Å². The van der Waals surface area contributed by atoms with Gasteiger partial charge < -0.3 is 0 Å². The number of nitrogens with zero attached hydrogens (tertiary/aromatic N) is 1. The summed E-state index contributed by atoms with van der Waals surface area (Å²) in [5, 5.41) is 0. The van der Waals surface area contributed by atoms with Gasteiger partial charge in [-0.2, -0.15) is 18.2 Å². The van der Waals surface area contributed by atoms with Gasteiger partial charge in [-0.15, -0.1) is 0 Å². The maximum absolute atomic E-state index is 11.9. The largest absolute Gasteiger partial charge is 0.389 e. The quantitative estimate of drug-likeness (QED) is 0.301. The summed E-state index contributed by atoms with van der Waals surface area (Å²) in [5.74, 6) is 0. The Kier molecular flexibility index (Phi) is 8.53. The van der Waals surface area contributed by atoms with Gasteiger partial charge in [-0.3, -0.25) is 0 Å². The lowest BCUT2D eigenvalue weighted by Gasteiger charge is -2.06. The Morgan fingerprint density at radius 3 is 2.14 bits per heavy atom. The normalized spacial score (nSPS) is 11.2. The summed E-state index contributed by atoms with van der Waals surface area (Å²) in [7, 11) is 0. The summed E-state index contributed by atoms with van der Waals surface area (Å²) in [4.78, 5) is 14.0. The second-order valence-electron chi connectivity index (χ2n) is 5.42. The number of aliphatic imine (C=N–C) groups is 1. The predicted molar refractivity (Wildman–Crippen MR) is 80.9 cm³/mol. The Balaban J connectivity index is 2.08. The van der Waals surface area contributed by atoms with Gasteiger partial charge in [-0.05, 0) is 30.9 Å².